The molecule has 154 valence electrons. The SMILES string of the molecule is CC/C=C/CC(C)(O)C1CCC(C)([C@@H]2Oc3ccc(C(=O)O)cc3[C@@H]2OC)O1. The maximum absolute atomic E-state index is 11.3. The fraction of sp³-hybridized carbons (Fsp3) is 0.591. The Balaban J connectivity index is 1.79. The molecule has 0 bridgehead atoms. The van der Waals surface area contributed by atoms with E-state index in [-0.39, 0.29) is 11.7 Å². The topological polar surface area (TPSA) is 85.2 Å². The van der Waals surface area contributed by atoms with Gasteiger partial charge in [-0.05, 0) is 57.7 Å². The van der Waals surface area contributed by atoms with Gasteiger partial charge in [-0.25, -0.2) is 4.79 Å². The molecule has 0 spiro atoms. The summed E-state index contributed by atoms with van der Waals surface area (Å²) in [6, 6.07) is 4.81. The quantitative estimate of drug-likeness (QED) is 0.688. The highest BCUT2D eigenvalue weighted by molar-refractivity contribution is 5.88. The van der Waals surface area contributed by atoms with Crippen LogP contribution >= 0.6 is 0 Å². The van der Waals surface area contributed by atoms with Gasteiger partial charge in [0.15, 0.2) is 6.10 Å². The number of carbonyl (C=O) groups is 1. The summed E-state index contributed by atoms with van der Waals surface area (Å²) in [4.78, 5) is 11.3. The van der Waals surface area contributed by atoms with Gasteiger partial charge >= 0.3 is 5.97 Å². The summed E-state index contributed by atoms with van der Waals surface area (Å²) in [5.41, 5.74) is -0.690. The first-order chi connectivity index (χ1) is 13.2. The molecule has 1 fully saturated rings. The van der Waals surface area contributed by atoms with Crippen molar-refractivity contribution in [2.75, 3.05) is 7.11 Å². The Morgan fingerprint density at radius 1 is 1.43 bits per heavy atom. The smallest absolute Gasteiger partial charge is 0.335 e. The first kappa shape index (κ1) is 20.8. The highest BCUT2D eigenvalue weighted by atomic mass is 16.6. The van der Waals surface area contributed by atoms with Crippen molar-refractivity contribution in [2.45, 2.75) is 76.0 Å². The molecule has 0 saturated carbocycles. The first-order valence-corrected chi connectivity index (χ1v) is 9.83. The second kappa shape index (κ2) is 7.85. The number of methoxy groups -OCH3 is 1. The van der Waals surface area contributed by atoms with Gasteiger partial charge in [0.05, 0.1) is 17.3 Å². The van der Waals surface area contributed by atoms with Crippen LogP contribution in [0.15, 0.2) is 30.4 Å². The van der Waals surface area contributed by atoms with Crippen molar-refractivity contribution in [3.05, 3.63) is 41.5 Å². The summed E-state index contributed by atoms with van der Waals surface area (Å²) in [5.74, 6) is -0.367. The van der Waals surface area contributed by atoms with E-state index in [0.717, 1.165) is 24.8 Å². The van der Waals surface area contributed by atoms with Crippen LogP contribution in [0.2, 0.25) is 0 Å². The second-order valence-corrected chi connectivity index (χ2v) is 8.15. The number of aromatic carboxylic acids is 1. The number of allylic oxidation sites excluding steroid dienone is 1. The molecule has 6 heteroatoms. The molecule has 0 radical (unpaired) electrons. The Bertz CT molecular complexity index is 755. The lowest BCUT2D eigenvalue weighted by Gasteiger charge is -2.36. The van der Waals surface area contributed by atoms with Gasteiger partial charge in [0.2, 0.25) is 0 Å². The molecule has 2 N–H and O–H groups in total. The number of hydrogen-bond acceptors (Lipinski definition) is 5. The zero-order valence-electron chi connectivity index (χ0n) is 17.0. The van der Waals surface area contributed by atoms with Crippen molar-refractivity contribution in [3.8, 4) is 5.75 Å². The average Bonchev–Trinajstić information content (AvgIpc) is 3.23. The van der Waals surface area contributed by atoms with Gasteiger partial charge in [-0.1, -0.05) is 19.1 Å². The van der Waals surface area contributed by atoms with Crippen LogP contribution in [0.3, 0.4) is 0 Å². The number of rotatable bonds is 7. The van der Waals surface area contributed by atoms with Crippen LogP contribution in [0.1, 0.15) is 68.5 Å². The minimum atomic E-state index is -0.985. The van der Waals surface area contributed by atoms with Crippen LogP contribution in [-0.4, -0.2) is 46.7 Å². The number of fused-ring (bicyclic) bond motifs is 1. The minimum Gasteiger partial charge on any atom is -0.484 e. The third kappa shape index (κ3) is 3.81. The molecule has 28 heavy (non-hydrogen) atoms. The van der Waals surface area contributed by atoms with Crippen LogP contribution in [0.25, 0.3) is 0 Å². The van der Waals surface area contributed by atoms with Crippen molar-refractivity contribution in [1.82, 2.24) is 0 Å². The maximum Gasteiger partial charge on any atom is 0.335 e. The fourth-order valence-corrected chi connectivity index (χ4v) is 4.20. The Kier molecular flexibility index (Phi) is 5.84. The van der Waals surface area contributed by atoms with Gasteiger partial charge in [-0.3, -0.25) is 0 Å². The number of aliphatic hydroxyl groups is 1. The summed E-state index contributed by atoms with van der Waals surface area (Å²) < 4.78 is 18.2. The normalized spacial score (nSPS) is 31.5. The van der Waals surface area contributed by atoms with Crippen LogP contribution in [0, 0.1) is 0 Å². The van der Waals surface area contributed by atoms with Crippen molar-refractivity contribution in [3.63, 3.8) is 0 Å². The third-order valence-corrected chi connectivity index (χ3v) is 5.89. The molecule has 1 saturated heterocycles. The van der Waals surface area contributed by atoms with Crippen molar-refractivity contribution in [2.24, 2.45) is 0 Å². The van der Waals surface area contributed by atoms with Crippen molar-refractivity contribution >= 4 is 5.97 Å². The van der Waals surface area contributed by atoms with Crippen LogP contribution in [0.4, 0.5) is 0 Å². The highest BCUT2D eigenvalue weighted by Gasteiger charge is 2.54. The fourth-order valence-electron chi connectivity index (χ4n) is 4.20. The number of benzene rings is 1. The van der Waals surface area contributed by atoms with Crippen molar-refractivity contribution in [1.29, 1.82) is 0 Å². The highest BCUT2D eigenvalue weighted by Crippen LogP contribution is 2.49. The first-order valence-electron chi connectivity index (χ1n) is 9.83. The van der Waals surface area contributed by atoms with E-state index in [1.807, 2.05) is 19.1 Å². The zero-order chi connectivity index (χ0) is 20.5. The molecular formula is C22H30O6. The summed E-state index contributed by atoms with van der Waals surface area (Å²) in [6.45, 7) is 5.84. The lowest BCUT2D eigenvalue weighted by molar-refractivity contribution is -0.168. The summed E-state index contributed by atoms with van der Waals surface area (Å²) in [6.07, 6.45) is 5.79. The second-order valence-electron chi connectivity index (χ2n) is 8.15. The van der Waals surface area contributed by atoms with Gasteiger partial charge in [-0.2, -0.15) is 0 Å². The number of carboxylic acid groups (broad SMARTS) is 1. The van der Waals surface area contributed by atoms with E-state index in [1.165, 1.54) is 6.07 Å². The van der Waals surface area contributed by atoms with E-state index in [9.17, 15) is 15.0 Å². The Morgan fingerprint density at radius 2 is 2.18 bits per heavy atom. The maximum atomic E-state index is 11.3. The van der Waals surface area contributed by atoms with Gasteiger partial charge < -0.3 is 24.4 Å². The Labute approximate surface area is 166 Å². The lowest BCUT2D eigenvalue weighted by Crippen LogP contribution is -2.48. The molecule has 6 nitrogen and oxygen atoms in total. The Hall–Kier alpha value is -1.89. The summed E-state index contributed by atoms with van der Waals surface area (Å²) in [5, 5.41) is 20.2. The van der Waals surface area contributed by atoms with Gasteiger partial charge in [0.25, 0.3) is 0 Å². The molecule has 1 aromatic carbocycles. The van der Waals surface area contributed by atoms with Crippen LogP contribution in [0.5, 0.6) is 5.75 Å². The molecule has 0 aliphatic carbocycles. The molecule has 2 aliphatic heterocycles. The number of ether oxygens (including phenoxy) is 3. The van der Waals surface area contributed by atoms with Crippen LogP contribution in [-0.2, 0) is 9.47 Å². The third-order valence-electron chi connectivity index (χ3n) is 5.89. The number of hydrogen-bond donors (Lipinski definition) is 2. The van der Waals surface area contributed by atoms with E-state index >= 15 is 0 Å². The molecule has 0 aromatic heterocycles. The molecule has 0 amide bonds. The summed E-state index contributed by atoms with van der Waals surface area (Å²) in [7, 11) is 1.59. The summed E-state index contributed by atoms with van der Waals surface area (Å²) >= 11 is 0. The van der Waals surface area contributed by atoms with E-state index in [2.05, 4.69) is 6.92 Å². The number of carboxylic acids is 1. The molecular weight excluding hydrogens is 360 g/mol. The largest absolute Gasteiger partial charge is 0.484 e. The standard InChI is InChI=1S/C22H30O6/c1-5-6-7-11-21(2,25)17-10-12-22(3,28-17)19-18(26-4)15-13-14(20(23)24)8-9-16(15)27-19/h6-9,13,17-19,25H,5,10-12H2,1-4H3,(H,23,24)/b7-6+/t17?,18-,19+,21?,22?/m0/s1. The average molecular weight is 390 g/mol. The predicted octanol–water partition coefficient (Wildman–Crippen LogP) is 3.88. The van der Waals surface area contributed by atoms with E-state index in [0.29, 0.717) is 12.2 Å². The molecule has 2 heterocycles. The van der Waals surface area contributed by atoms with E-state index in [1.54, 1.807) is 26.2 Å². The van der Waals surface area contributed by atoms with Gasteiger partial charge in [0.1, 0.15) is 17.5 Å². The molecule has 1 aromatic rings. The molecule has 2 aliphatic rings. The molecule has 3 unspecified atom stereocenters. The predicted molar refractivity (Wildman–Crippen MR) is 105 cm³/mol. The monoisotopic (exact) mass is 390 g/mol. The Morgan fingerprint density at radius 3 is 2.82 bits per heavy atom. The van der Waals surface area contributed by atoms with Gasteiger partial charge in [-0.15, -0.1) is 0 Å². The molecule has 3 rings (SSSR count). The molecule has 5 atom stereocenters. The van der Waals surface area contributed by atoms with E-state index in [4.69, 9.17) is 14.2 Å². The van der Waals surface area contributed by atoms with Crippen molar-refractivity contribution < 1.29 is 29.2 Å². The zero-order valence-corrected chi connectivity index (χ0v) is 17.0. The van der Waals surface area contributed by atoms with E-state index < -0.39 is 29.4 Å². The lowest BCUT2D eigenvalue weighted by atomic mass is 9.88. The van der Waals surface area contributed by atoms with Gasteiger partial charge in [0, 0.05) is 12.7 Å². The van der Waals surface area contributed by atoms with Crippen LogP contribution < -0.4 is 4.74 Å². The minimum absolute atomic E-state index is 0.200.